The van der Waals surface area contributed by atoms with E-state index in [1.807, 2.05) is 0 Å². The minimum absolute atomic E-state index is 0.0970. The summed E-state index contributed by atoms with van der Waals surface area (Å²) >= 11 is 0. The van der Waals surface area contributed by atoms with Gasteiger partial charge in [-0.15, -0.1) is 0 Å². The van der Waals surface area contributed by atoms with Crippen molar-refractivity contribution in [3.63, 3.8) is 0 Å². The Balaban J connectivity index is 1.83. The maximum atomic E-state index is 13.6. The van der Waals surface area contributed by atoms with E-state index in [0.29, 0.717) is 24.0 Å². The molecule has 7 heteroatoms. The predicted molar refractivity (Wildman–Crippen MR) is 88.5 cm³/mol. The number of pyridine rings is 1. The van der Waals surface area contributed by atoms with Crippen LogP contribution in [0, 0.1) is 18.7 Å². The number of benzene rings is 1. The van der Waals surface area contributed by atoms with Gasteiger partial charge in [0.2, 0.25) is 0 Å². The number of anilines is 1. The van der Waals surface area contributed by atoms with Crippen LogP contribution in [0.1, 0.15) is 39.3 Å². The number of carboxylic acid groups (broad SMARTS) is 1. The summed E-state index contributed by atoms with van der Waals surface area (Å²) in [5.74, 6) is -1.38. The molecule has 1 aliphatic rings. The standard InChI is InChI=1S/C18H17FN2O4/c1-10-14(6-12(8-20-10)18(23)24)17(22)21-15-7-13(19)4-5-16(15)25-9-11-2-3-11/h4-8,11H,2-3,9H2,1H3,(H,21,22)(H,23,24). The van der Waals surface area contributed by atoms with Crippen molar-refractivity contribution in [3.8, 4) is 5.75 Å². The van der Waals surface area contributed by atoms with Gasteiger partial charge in [0.05, 0.1) is 29.1 Å². The fourth-order valence-electron chi connectivity index (χ4n) is 2.29. The number of hydrogen-bond donors (Lipinski definition) is 2. The molecule has 1 amide bonds. The van der Waals surface area contributed by atoms with Crippen molar-refractivity contribution in [1.29, 1.82) is 0 Å². The van der Waals surface area contributed by atoms with Crippen molar-refractivity contribution >= 4 is 17.6 Å². The Morgan fingerprint density at radius 2 is 2.12 bits per heavy atom. The number of halogens is 1. The summed E-state index contributed by atoms with van der Waals surface area (Å²) in [6.07, 6.45) is 3.40. The molecule has 0 atom stereocenters. The predicted octanol–water partition coefficient (Wildman–Crippen LogP) is 3.27. The van der Waals surface area contributed by atoms with Gasteiger partial charge in [-0.2, -0.15) is 0 Å². The van der Waals surface area contributed by atoms with Crippen LogP contribution in [-0.4, -0.2) is 28.6 Å². The molecule has 0 bridgehead atoms. The van der Waals surface area contributed by atoms with Crippen molar-refractivity contribution in [2.45, 2.75) is 19.8 Å². The van der Waals surface area contributed by atoms with Crippen LogP contribution < -0.4 is 10.1 Å². The van der Waals surface area contributed by atoms with Gasteiger partial charge >= 0.3 is 5.97 Å². The molecule has 0 spiro atoms. The number of rotatable bonds is 6. The molecule has 1 aromatic heterocycles. The quantitative estimate of drug-likeness (QED) is 0.840. The summed E-state index contributed by atoms with van der Waals surface area (Å²) < 4.78 is 19.2. The third-order valence-corrected chi connectivity index (χ3v) is 3.94. The molecule has 25 heavy (non-hydrogen) atoms. The zero-order valence-electron chi connectivity index (χ0n) is 13.6. The van der Waals surface area contributed by atoms with Gasteiger partial charge in [-0.05, 0) is 43.9 Å². The lowest BCUT2D eigenvalue weighted by Gasteiger charge is -2.13. The average Bonchev–Trinajstić information content (AvgIpc) is 3.38. The zero-order valence-corrected chi connectivity index (χ0v) is 13.6. The first-order valence-electron chi connectivity index (χ1n) is 7.87. The lowest BCUT2D eigenvalue weighted by molar-refractivity contribution is 0.0696. The largest absolute Gasteiger partial charge is 0.491 e. The molecular formula is C18H17FN2O4. The smallest absolute Gasteiger partial charge is 0.337 e. The maximum absolute atomic E-state index is 13.6. The number of amides is 1. The number of ether oxygens (including phenoxy) is 1. The highest BCUT2D eigenvalue weighted by Gasteiger charge is 2.23. The molecule has 2 N–H and O–H groups in total. The Morgan fingerprint density at radius 3 is 2.80 bits per heavy atom. The van der Waals surface area contributed by atoms with E-state index < -0.39 is 17.7 Å². The second-order valence-corrected chi connectivity index (χ2v) is 6.01. The average molecular weight is 344 g/mol. The first kappa shape index (κ1) is 16.9. The lowest BCUT2D eigenvalue weighted by Crippen LogP contribution is -2.16. The summed E-state index contributed by atoms with van der Waals surface area (Å²) in [6, 6.07) is 5.13. The molecule has 1 aliphatic carbocycles. The minimum Gasteiger partial charge on any atom is -0.491 e. The molecule has 1 saturated carbocycles. The Kier molecular flexibility index (Phi) is 4.65. The van der Waals surface area contributed by atoms with Crippen molar-refractivity contribution < 1.29 is 23.8 Å². The van der Waals surface area contributed by atoms with Crippen molar-refractivity contribution in [2.75, 3.05) is 11.9 Å². The molecule has 6 nitrogen and oxygen atoms in total. The van der Waals surface area contributed by atoms with Gasteiger partial charge in [-0.3, -0.25) is 9.78 Å². The Bertz CT molecular complexity index is 834. The lowest BCUT2D eigenvalue weighted by atomic mass is 10.1. The third-order valence-electron chi connectivity index (χ3n) is 3.94. The molecule has 1 heterocycles. The topological polar surface area (TPSA) is 88.5 Å². The van der Waals surface area contributed by atoms with E-state index in [2.05, 4.69) is 10.3 Å². The van der Waals surface area contributed by atoms with E-state index in [1.54, 1.807) is 6.92 Å². The van der Waals surface area contributed by atoms with E-state index >= 15 is 0 Å². The van der Waals surface area contributed by atoms with Gasteiger partial charge < -0.3 is 15.2 Å². The van der Waals surface area contributed by atoms with Crippen molar-refractivity contribution in [1.82, 2.24) is 4.98 Å². The molecule has 1 fully saturated rings. The van der Waals surface area contributed by atoms with E-state index in [4.69, 9.17) is 9.84 Å². The van der Waals surface area contributed by atoms with Gasteiger partial charge in [0, 0.05) is 12.3 Å². The SMILES string of the molecule is Cc1ncc(C(=O)O)cc1C(=O)Nc1cc(F)ccc1OCC1CC1. The van der Waals surface area contributed by atoms with Crippen molar-refractivity contribution in [3.05, 3.63) is 53.1 Å². The van der Waals surface area contributed by atoms with Crippen LogP contribution in [0.2, 0.25) is 0 Å². The van der Waals surface area contributed by atoms with Crippen LogP contribution in [0.25, 0.3) is 0 Å². The minimum atomic E-state index is -1.18. The van der Waals surface area contributed by atoms with Crippen LogP contribution in [0.4, 0.5) is 10.1 Å². The number of aryl methyl sites for hydroxylation is 1. The first-order valence-corrected chi connectivity index (χ1v) is 7.87. The summed E-state index contributed by atoms with van der Waals surface area (Å²) in [6.45, 7) is 2.11. The number of nitrogens with one attached hydrogen (secondary N) is 1. The fourth-order valence-corrected chi connectivity index (χ4v) is 2.29. The molecule has 0 radical (unpaired) electrons. The molecule has 0 unspecified atom stereocenters. The highest BCUT2D eigenvalue weighted by atomic mass is 19.1. The first-order chi connectivity index (χ1) is 11.9. The van der Waals surface area contributed by atoms with Crippen LogP contribution in [-0.2, 0) is 0 Å². The molecule has 3 rings (SSSR count). The number of hydrogen-bond acceptors (Lipinski definition) is 4. The monoisotopic (exact) mass is 344 g/mol. The number of aromatic nitrogens is 1. The summed E-state index contributed by atoms with van der Waals surface area (Å²) in [5, 5.41) is 11.6. The van der Waals surface area contributed by atoms with Crippen LogP contribution in [0.15, 0.2) is 30.5 Å². The van der Waals surface area contributed by atoms with Crippen LogP contribution in [0.5, 0.6) is 5.75 Å². The van der Waals surface area contributed by atoms with Crippen LogP contribution in [0.3, 0.4) is 0 Å². The summed E-state index contributed by atoms with van der Waals surface area (Å²) in [4.78, 5) is 27.5. The number of carboxylic acids is 1. The Hall–Kier alpha value is -2.96. The van der Waals surface area contributed by atoms with Gasteiger partial charge in [0.1, 0.15) is 11.6 Å². The van der Waals surface area contributed by atoms with Gasteiger partial charge in [-0.25, -0.2) is 9.18 Å². The molecule has 0 saturated heterocycles. The normalized spacial score (nSPS) is 13.4. The number of aromatic carboxylic acids is 1. The third kappa shape index (κ3) is 4.12. The van der Waals surface area contributed by atoms with E-state index in [-0.39, 0.29) is 16.8 Å². The van der Waals surface area contributed by atoms with Crippen LogP contribution >= 0.6 is 0 Å². The second kappa shape index (κ2) is 6.88. The number of carbonyl (C=O) groups excluding carboxylic acids is 1. The molecular weight excluding hydrogens is 327 g/mol. The fraction of sp³-hybridized carbons (Fsp3) is 0.278. The molecule has 130 valence electrons. The van der Waals surface area contributed by atoms with E-state index in [0.717, 1.165) is 12.8 Å². The number of nitrogens with zero attached hydrogens (tertiary/aromatic N) is 1. The van der Waals surface area contributed by atoms with Gasteiger partial charge in [0.15, 0.2) is 0 Å². The number of carbonyl (C=O) groups is 2. The molecule has 0 aliphatic heterocycles. The van der Waals surface area contributed by atoms with Gasteiger partial charge in [-0.1, -0.05) is 0 Å². The Labute approximate surface area is 143 Å². The molecule has 1 aromatic carbocycles. The van der Waals surface area contributed by atoms with E-state index in [1.165, 1.54) is 30.5 Å². The molecule has 2 aromatic rings. The van der Waals surface area contributed by atoms with Crippen molar-refractivity contribution in [2.24, 2.45) is 5.92 Å². The zero-order chi connectivity index (χ0) is 18.0. The summed E-state index contributed by atoms with van der Waals surface area (Å²) in [5.41, 5.74) is 0.586. The maximum Gasteiger partial charge on any atom is 0.337 e. The van der Waals surface area contributed by atoms with E-state index in [9.17, 15) is 14.0 Å². The summed E-state index contributed by atoms with van der Waals surface area (Å²) in [7, 11) is 0. The highest BCUT2D eigenvalue weighted by Crippen LogP contribution is 2.32. The Morgan fingerprint density at radius 1 is 1.36 bits per heavy atom. The highest BCUT2D eigenvalue weighted by molar-refractivity contribution is 6.06. The van der Waals surface area contributed by atoms with Gasteiger partial charge in [0.25, 0.3) is 5.91 Å². The second-order valence-electron chi connectivity index (χ2n) is 6.01.